The summed E-state index contributed by atoms with van der Waals surface area (Å²) in [5.41, 5.74) is 3.25. The van der Waals surface area contributed by atoms with Crippen molar-refractivity contribution in [1.82, 2.24) is 15.3 Å². The number of nitrogens with one attached hydrogen (secondary N) is 3. The van der Waals surface area contributed by atoms with Gasteiger partial charge in [-0.15, -0.1) is 0 Å². The number of H-pyrrole nitrogens is 1. The number of benzene rings is 2. The first kappa shape index (κ1) is 17.9. The Labute approximate surface area is 151 Å². The topological polar surface area (TPSA) is 104 Å². The maximum Gasteiger partial charge on any atom is 0.253 e. The second-order valence-corrected chi connectivity index (χ2v) is 7.88. The van der Waals surface area contributed by atoms with E-state index >= 15 is 0 Å². The van der Waals surface area contributed by atoms with Gasteiger partial charge in [-0.3, -0.25) is 9.52 Å². The molecular weight excluding hydrogens is 352 g/mol. The number of anilines is 1. The number of imidazole rings is 1. The molecule has 8 heteroatoms. The first-order valence-corrected chi connectivity index (χ1v) is 10.0. The van der Waals surface area contributed by atoms with Crippen LogP contribution in [0.3, 0.4) is 0 Å². The van der Waals surface area contributed by atoms with Crippen LogP contribution in [-0.4, -0.2) is 37.1 Å². The van der Waals surface area contributed by atoms with Crippen LogP contribution in [0.1, 0.15) is 21.7 Å². The fourth-order valence-corrected chi connectivity index (χ4v) is 3.23. The van der Waals surface area contributed by atoms with Crippen LogP contribution < -0.4 is 10.0 Å². The standard InChI is InChI=1S/C18H20N4O3S/c1-12-7-8-14(22-26(2,24)25)13(11-12)18(23)19-10-9-17-20-15-5-3-4-6-16(15)21-17/h3-8,11,22H,9-10H2,1-2H3,(H,19,23)(H,20,21). The van der Waals surface area contributed by atoms with E-state index in [4.69, 9.17) is 0 Å². The molecule has 0 aliphatic heterocycles. The third-order valence-electron chi connectivity index (χ3n) is 3.80. The maximum absolute atomic E-state index is 12.5. The molecule has 3 aromatic rings. The second-order valence-electron chi connectivity index (χ2n) is 6.13. The Morgan fingerprint density at radius 1 is 1.19 bits per heavy atom. The number of aromatic nitrogens is 2. The molecule has 0 aliphatic carbocycles. The van der Waals surface area contributed by atoms with Gasteiger partial charge in [-0.2, -0.15) is 0 Å². The third kappa shape index (κ3) is 4.40. The highest BCUT2D eigenvalue weighted by atomic mass is 32.2. The van der Waals surface area contributed by atoms with Gasteiger partial charge in [0.15, 0.2) is 0 Å². The zero-order valence-electron chi connectivity index (χ0n) is 14.5. The van der Waals surface area contributed by atoms with Gasteiger partial charge in [-0.05, 0) is 31.2 Å². The minimum Gasteiger partial charge on any atom is -0.352 e. The molecule has 1 aromatic heterocycles. The number of amides is 1. The van der Waals surface area contributed by atoms with Crippen LogP contribution >= 0.6 is 0 Å². The number of nitrogens with zero attached hydrogens (tertiary/aromatic N) is 1. The van der Waals surface area contributed by atoms with E-state index < -0.39 is 10.0 Å². The van der Waals surface area contributed by atoms with E-state index in [9.17, 15) is 13.2 Å². The third-order valence-corrected chi connectivity index (χ3v) is 4.39. The average molecular weight is 372 g/mol. The van der Waals surface area contributed by atoms with Crippen LogP contribution in [0.15, 0.2) is 42.5 Å². The Hall–Kier alpha value is -2.87. The number of carbonyl (C=O) groups is 1. The highest BCUT2D eigenvalue weighted by molar-refractivity contribution is 7.92. The largest absolute Gasteiger partial charge is 0.352 e. The van der Waals surface area contributed by atoms with Gasteiger partial charge < -0.3 is 10.3 Å². The molecule has 3 N–H and O–H groups in total. The molecule has 2 aromatic carbocycles. The van der Waals surface area contributed by atoms with Crippen molar-refractivity contribution in [3.05, 3.63) is 59.4 Å². The fourth-order valence-electron chi connectivity index (χ4n) is 2.65. The van der Waals surface area contributed by atoms with E-state index in [0.29, 0.717) is 18.5 Å². The van der Waals surface area contributed by atoms with Gasteiger partial charge in [-0.1, -0.05) is 23.8 Å². The predicted molar refractivity (Wildman–Crippen MR) is 102 cm³/mol. The van der Waals surface area contributed by atoms with Gasteiger partial charge >= 0.3 is 0 Å². The van der Waals surface area contributed by atoms with Gasteiger partial charge in [0.25, 0.3) is 5.91 Å². The quantitative estimate of drug-likeness (QED) is 0.617. The average Bonchev–Trinajstić information content (AvgIpc) is 2.98. The van der Waals surface area contributed by atoms with Crippen molar-refractivity contribution in [2.75, 3.05) is 17.5 Å². The van der Waals surface area contributed by atoms with Gasteiger partial charge in [0.2, 0.25) is 10.0 Å². The van der Waals surface area contributed by atoms with Crippen molar-refractivity contribution in [2.45, 2.75) is 13.3 Å². The maximum atomic E-state index is 12.5. The molecule has 3 rings (SSSR count). The van der Waals surface area contributed by atoms with Crippen molar-refractivity contribution in [3.8, 4) is 0 Å². The highest BCUT2D eigenvalue weighted by Crippen LogP contribution is 2.18. The number of fused-ring (bicyclic) bond motifs is 1. The Bertz CT molecular complexity index is 1020. The van der Waals surface area contributed by atoms with Crippen molar-refractivity contribution >= 4 is 32.7 Å². The summed E-state index contributed by atoms with van der Waals surface area (Å²) in [6, 6.07) is 12.7. The molecule has 1 heterocycles. The lowest BCUT2D eigenvalue weighted by Gasteiger charge is -2.12. The first-order valence-electron chi connectivity index (χ1n) is 8.12. The molecule has 0 saturated heterocycles. The molecule has 0 saturated carbocycles. The minimum atomic E-state index is -3.47. The molecule has 0 radical (unpaired) electrons. The molecule has 0 spiro atoms. The van der Waals surface area contributed by atoms with E-state index in [1.165, 1.54) is 0 Å². The fraction of sp³-hybridized carbons (Fsp3) is 0.222. The van der Waals surface area contributed by atoms with Crippen LogP contribution in [-0.2, 0) is 16.4 Å². The molecule has 0 atom stereocenters. The molecular formula is C18H20N4O3S. The lowest BCUT2D eigenvalue weighted by atomic mass is 10.1. The summed E-state index contributed by atoms with van der Waals surface area (Å²) in [6.45, 7) is 2.22. The van der Waals surface area contributed by atoms with Crippen molar-refractivity contribution < 1.29 is 13.2 Å². The van der Waals surface area contributed by atoms with Crippen LogP contribution in [0.25, 0.3) is 11.0 Å². The van der Waals surface area contributed by atoms with E-state index in [1.54, 1.807) is 18.2 Å². The predicted octanol–water partition coefficient (Wildman–Crippen LogP) is 2.22. The smallest absolute Gasteiger partial charge is 0.253 e. The molecule has 0 aliphatic rings. The number of para-hydroxylation sites is 2. The Balaban J connectivity index is 1.68. The van der Waals surface area contributed by atoms with E-state index in [2.05, 4.69) is 20.0 Å². The number of hydrogen-bond donors (Lipinski definition) is 3. The number of sulfonamides is 1. The number of hydrogen-bond acceptors (Lipinski definition) is 4. The van der Waals surface area contributed by atoms with Crippen molar-refractivity contribution in [2.24, 2.45) is 0 Å². The van der Waals surface area contributed by atoms with E-state index in [1.807, 2.05) is 31.2 Å². The van der Waals surface area contributed by atoms with Crippen LogP contribution in [0.5, 0.6) is 0 Å². The van der Waals surface area contributed by atoms with Crippen molar-refractivity contribution in [3.63, 3.8) is 0 Å². The number of aromatic amines is 1. The highest BCUT2D eigenvalue weighted by Gasteiger charge is 2.14. The number of rotatable bonds is 6. The summed E-state index contributed by atoms with van der Waals surface area (Å²) in [7, 11) is -3.47. The van der Waals surface area contributed by atoms with Gasteiger partial charge in [-0.25, -0.2) is 13.4 Å². The van der Waals surface area contributed by atoms with Crippen LogP contribution in [0.4, 0.5) is 5.69 Å². The van der Waals surface area contributed by atoms with Gasteiger partial charge in [0.1, 0.15) is 5.82 Å². The second kappa shape index (κ2) is 7.17. The summed E-state index contributed by atoms with van der Waals surface area (Å²) in [5, 5.41) is 2.81. The summed E-state index contributed by atoms with van der Waals surface area (Å²) < 4.78 is 25.4. The zero-order valence-corrected chi connectivity index (χ0v) is 15.4. The molecule has 1 amide bonds. The minimum absolute atomic E-state index is 0.263. The SMILES string of the molecule is Cc1ccc(NS(C)(=O)=O)c(C(=O)NCCc2nc3ccccc3[nH]2)c1. The molecule has 7 nitrogen and oxygen atoms in total. The van der Waals surface area contributed by atoms with Gasteiger partial charge in [0, 0.05) is 13.0 Å². The molecule has 0 bridgehead atoms. The van der Waals surface area contributed by atoms with Crippen LogP contribution in [0.2, 0.25) is 0 Å². The Morgan fingerprint density at radius 3 is 2.69 bits per heavy atom. The zero-order chi connectivity index (χ0) is 18.7. The number of carbonyl (C=O) groups excluding carboxylic acids is 1. The Kier molecular flexibility index (Phi) is 4.94. The molecule has 26 heavy (non-hydrogen) atoms. The van der Waals surface area contributed by atoms with Crippen LogP contribution in [0, 0.1) is 6.92 Å². The molecule has 0 fully saturated rings. The summed E-state index contributed by atoms with van der Waals surface area (Å²) in [5.74, 6) is 0.446. The molecule has 0 unspecified atom stereocenters. The lowest BCUT2D eigenvalue weighted by Crippen LogP contribution is -2.27. The summed E-state index contributed by atoms with van der Waals surface area (Å²) in [4.78, 5) is 20.2. The summed E-state index contributed by atoms with van der Waals surface area (Å²) in [6.07, 6.45) is 1.59. The monoisotopic (exact) mass is 372 g/mol. The normalized spacial score (nSPS) is 11.5. The van der Waals surface area contributed by atoms with E-state index in [-0.39, 0.29) is 11.6 Å². The molecule has 136 valence electrons. The summed E-state index contributed by atoms with van der Waals surface area (Å²) >= 11 is 0. The lowest BCUT2D eigenvalue weighted by molar-refractivity contribution is 0.0955. The Morgan fingerprint density at radius 2 is 1.96 bits per heavy atom. The van der Waals surface area contributed by atoms with Gasteiger partial charge in [0.05, 0.1) is 28.5 Å². The number of aryl methyl sites for hydroxylation is 1. The van der Waals surface area contributed by atoms with Crippen molar-refractivity contribution in [1.29, 1.82) is 0 Å². The van der Waals surface area contributed by atoms with E-state index in [0.717, 1.165) is 28.7 Å². The first-order chi connectivity index (χ1) is 12.3.